The lowest BCUT2D eigenvalue weighted by molar-refractivity contribution is -0.131. The predicted molar refractivity (Wildman–Crippen MR) is 55.8 cm³/mol. The third kappa shape index (κ3) is 3.88. The van der Waals surface area contributed by atoms with Crippen LogP contribution in [0.2, 0.25) is 0 Å². The molecular formula is C10H11F3N2O3. The Bertz CT molecular complexity index is 451. The van der Waals surface area contributed by atoms with Crippen molar-refractivity contribution in [3.05, 3.63) is 24.0 Å². The molecule has 0 unspecified atom stereocenters. The normalized spacial score (nSPS) is 12.8. The van der Waals surface area contributed by atoms with Gasteiger partial charge >= 0.3 is 12.1 Å². The molecule has 0 aliphatic carbocycles. The summed E-state index contributed by atoms with van der Waals surface area (Å²) in [6.07, 6.45) is -2.52. The van der Waals surface area contributed by atoms with Crippen LogP contribution in [-0.2, 0) is 16.1 Å². The fourth-order valence-corrected chi connectivity index (χ4v) is 1.26. The number of methoxy groups -OCH3 is 1. The van der Waals surface area contributed by atoms with E-state index in [1.165, 1.54) is 11.8 Å². The smallest absolute Gasteiger partial charge is 0.417 e. The number of hydrogen-bond donors (Lipinski definition) is 1. The van der Waals surface area contributed by atoms with E-state index in [2.05, 4.69) is 5.10 Å². The summed E-state index contributed by atoms with van der Waals surface area (Å²) >= 11 is 0. The topological polar surface area (TPSA) is 64.3 Å². The second kappa shape index (κ2) is 5.67. The molecule has 0 amide bonds. The molecule has 0 aliphatic rings. The van der Waals surface area contributed by atoms with Crippen molar-refractivity contribution in [2.24, 2.45) is 0 Å². The summed E-state index contributed by atoms with van der Waals surface area (Å²) in [4.78, 5) is 10.4. The zero-order chi connectivity index (χ0) is 13.8. The summed E-state index contributed by atoms with van der Waals surface area (Å²) in [5, 5.41) is 12.1. The van der Waals surface area contributed by atoms with Gasteiger partial charge in [-0.25, -0.2) is 4.79 Å². The number of rotatable bonds is 5. The first-order chi connectivity index (χ1) is 8.34. The Labute approximate surface area is 100 Å². The van der Waals surface area contributed by atoms with Gasteiger partial charge in [0, 0.05) is 24.9 Å². The molecule has 1 aromatic rings. The molecule has 1 rings (SSSR count). The highest BCUT2D eigenvalue weighted by atomic mass is 19.4. The van der Waals surface area contributed by atoms with Gasteiger partial charge in [0.1, 0.15) is 0 Å². The van der Waals surface area contributed by atoms with Crippen LogP contribution in [0.3, 0.4) is 0 Å². The minimum absolute atomic E-state index is 0.123. The Morgan fingerprint density at radius 2 is 2.28 bits per heavy atom. The molecule has 0 fully saturated rings. The van der Waals surface area contributed by atoms with Crippen molar-refractivity contribution < 1.29 is 27.8 Å². The lowest BCUT2D eigenvalue weighted by Crippen LogP contribution is -2.12. The quantitative estimate of drug-likeness (QED) is 0.820. The lowest BCUT2D eigenvalue weighted by atomic mass is 10.1. The van der Waals surface area contributed by atoms with Gasteiger partial charge in [0.25, 0.3) is 0 Å². The van der Waals surface area contributed by atoms with E-state index < -0.39 is 17.7 Å². The minimum Gasteiger partial charge on any atom is -0.478 e. The number of nitrogens with zero attached hydrogens (tertiary/aromatic N) is 2. The van der Waals surface area contributed by atoms with Gasteiger partial charge in [-0.1, -0.05) is 0 Å². The van der Waals surface area contributed by atoms with Gasteiger partial charge in [0.2, 0.25) is 0 Å². The van der Waals surface area contributed by atoms with Crippen LogP contribution in [-0.4, -0.2) is 40.7 Å². The van der Waals surface area contributed by atoms with E-state index in [9.17, 15) is 18.0 Å². The van der Waals surface area contributed by atoms with Gasteiger partial charge < -0.3 is 9.84 Å². The fourth-order valence-electron chi connectivity index (χ4n) is 1.26. The first-order valence-corrected chi connectivity index (χ1v) is 4.88. The maximum absolute atomic E-state index is 12.6. The summed E-state index contributed by atoms with van der Waals surface area (Å²) in [6, 6.07) is 0. The zero-order valence-electron chi connectivity index (χ0n) is 9.44. The molecule has 0 atom stereocenters. The maximum atomic E-state index is 12.6. The van der Waals surface area contributed by atoms with E-state index in [0.717, 1.165) is 12.4 Å². The maximum Gasteiger partial charge on any atom is 0.417 e. The molecule has 1 heterocycles. The minimum atomic E-state index is -4.74. The van der Waals surface area contributed by atoms with E-state index in [1.807, 2.05) is 0 Å². The van der Waals surface area contributed by atoms with Gasteiger partial charge in [0.05, 0.1) is 24.9 Å². The molecule has 0 bridgehead atoms. The molecule has 0 aliphatic heterocycles. The summed E-state index contributed by atoms with van der Waals surface area (Å²) < 4.78 is 43.9. The third-order valence-corrected chi connectivity index (χ3v) is 2.04. The number of halogens is 3. The van der Waals surface area contributed by atoms with Crippen molar-refractivity contribution >= 4 is 11.5 Å². The monoisotopic (exact) mass is 264 g/mol. The van der Waals surface area contributed by atoms with Crippen LogP contribution < -0.4 is 0 Å². The standard InChI is InChI=1S/C10H11F3N2O3/c1-18-3-2-15-6-7(5-14-15)8(4-9(16)17)10(11,12)13/h4-6H,2-3H2,1H3,(H,16,17). The lowest BCUT2D eigenvalue weighted by Gasteiger charge is -2.08. The van der Waals surface area contributed by atoms with Gasteiger partial charge in [0.15, 0.2) is 0 Å². The molecule has 1 aromatic heterocycles. The molecule has 0 radical (unpaired) electrons. The van der Waals surface area contributed by atoms with Gasteiger partial charge in [-0.15, -0.1) is 0 Å². The Morgan fingerprint density at radius 3 is 2.78 bits per heavy atom. The molecule has 5 nitrogen and oxygen atoms in total. The summed E-state index contributed by atoms with van der Waals surface area (Å²) in [5.74, 6) is -1.66. The predicted octanol–water partition coefficient (Wildman–Crippen LogP) is 1.56. The third-order valence-electron chi connectivity index (χ3n) is 2.04. The number of carboxylic acids is 1. The Balaban J connectivity index is 3.00. The Kier molecular flexibility index (Phi) is 4.49. The number of alkyl halides is 3. The van der Waals surface area contributed by atoms with Crippen LogP contribution in [0.15, 0.2) is 18.5 Å². The molecule has 1 N–H and O–H groups in total. The van der Waals surface area contributed by atoms with Crippen molar-refractivity contribution in [3.8, 4) is 0 Å². The molecule has 0 aromatic carbocycles. The average Bonchev–Trinajstić information content (AvgIpc) is 2.69. The number of carboxylic acid groups (broad SMARTS) is 1. The molecule has 0 spiro atoms. The highest BCUT2D eigenvalue weighted by molar-refractivity contribution is 5.91. The molecule has 18 heavy (non-hydrogen) atoms. The van der Waals surface area contributed by atoms with Crippen molar-refractivity contribution in [3.63, 3.8) is 0 Å². The molecular weight excluding hydrogens is 253 g/mol. The van der Waals surface area contributed by atoms with Crippen molar-refractivity contribution in [1.29, 1.82) is 0 Å². The van der Waals surface area contributed by atoms with Crippen LogP contribution in [0.5, 0.6) is 0 Å². The first kappa shape index (κ1) is 14.2. The number of aliphatic carboxylic acids is 1. The second-order valence-corrected chi connectivity index (χ2v) is 3.38. The van der Waals surface area contributed by atoms with Gasteiger partial charge in [-0.3, -0.25) is 4.68 Å². The molecule has 8 heteroatoms. The zero-order valence-corrected chi connectivity index (χ0v) is 9.44. The van der Waals surface area contributed by atoms with Crippen LogP contribution in [0.1, 0.15) is 5.56 Å². The molecule has 0 saturated carbocycles. The van der Waals surface area contributed by atoms with Crippen LogP contribution in [0.4, 0.5) is 13.2 Å². The van der Waals surface area contributed by atoms with Crippen molar-refractivity contribution in [2.75, 3.05) is 13.7 Å². The summed E-state index contributed by atoms with van der Waals surface area (Å²) in [5.41, 5.74) is -1.53. The number of hydrogen-bond acceptors (Lipinski definition) is 3. The fraction of sp³-hybridized carbons (Fsp3) is 0.400. The Morgan fingerprint density at radius 1 is 1.61 bits per heavy atom. The highest BCUT2D eigenvalue weighted by Crippen LogP contribution is 2.33. The van der Waals surface area contributed by atoms with E-state index in [4.69, 9.17) is 9.84 Å². The first-order valence-electron chi connectivity index (χ1n) is 4.88. The summed E-state index contributed by atoms with van der Waals surface area (Å²) in [7, 11) is 1.45. The number of ether oxygens (including phenoxy) is 1. The van der Waals surface area contributed by atoms with E-state index in [-0.39, 0.29) is 18.2 Å². The van der Waals surface area contributed by atoms with Crippen LogP contribution >= 0.6 is 0 Å². The van der Waals surface area contributed by atoms with Crippen molar-refractivity contribution in [1.82, 2.24) is 9.78 Å². The highest BCUT2D eigenvalue weighted by Gasteiger charge is 2.36. The number of carbonyl (C=O) groups is 1. The molecule has 0 saturated heterocycles. The largest absolute Gasteiger partial charge is 0.478 e. The van der Waals surface area contributed by atoms with Crippen LogP contribution in [0, 0.1) is 0 Å². The number of aromatic nitrogens is 2. The average molecular weight is 264 g/mol. The number of allylic oxidation sites excluding steroid dienone is 1. The van der Waals surface area contributed by atoms with Crippen LogP contribution in [0.25, 0.3) is 5.57 Å². The SMILES string of the molecule is COCCn1cc(C(=CC(=O)O)C(F)(F)F)cn1. The van der Waals surface area contributed by atoms with E-state index in [0.29, 0.717) is 6.61 Å². The van der Waals surface area contributed by atoms with Gasteiger partial charge in [-0.05, 0) is 0 Å². The van der Waals surface area contributed by atoms with E-state index in [1.54, 1.807) is 0 Å². The van der Waals surface area contributed by atoms with Gasteiger partial charge in [-0.2, -0.15) is 18.3 Å². The Hall–Kier alpha value is -1.83. The summed E-state index contributed by atoms with van der Waals surface area (Å²) in [6.45, 7) is 0.583. The molecule has 100 valence electrons. The van der Waals surface area contributed by atoms with E-state index >= 15 is 0 Å². The van der Waals surface area contributed by atoms with Crippen molar-refractivity contribution in [2.45, 2.75) is 12.7 Å². The second-order valence-electron chi connectivity index (χ2n) is 3.38.